The van der Waals surface area contributed by atoms with E-state index in [1.54, 1.807) is 45.6 Å². The lowest BCUT2D eigenvalue weighted by Crippen LogP contribution is -2.47. The van der Waals surface area contributed by atoms with Gasteiger partial charge in [0.05, 0.1) is 31.8 Å². The number of nitro benzene ring substituents is 1. The number of hydrogen-bond acceptors (Lipinski definition) is 9. The lowest BCUT2D eigenvalue weighted by Gasteiger charge is -2.37. The third kappa shape index (κ3) is 4.65. The Kier molecular flexibility index (Phi) is 6.63. The van der Waals surface area contributed by atoms with Crippen LogP contribution in [-0.2, 0) is 0 Å². The summed E-state index contributed by atoms with van der Waals surface area (Å²) in [5.74, 6) is 3.00. The number of methoxy groups -OCH3 is 3. The van der Waals surface area contributed by atoms with Crippen LogP contribution < -0.4 is 24.0 Å². The molecule has 0 aliphatic carbocycles. The molecule has 0 spiro atoms. The van der Waals surface area contributed by atoms with E-state index in [0.29, 0.717) is 23.1 Å². The van der Waals surface area contributed by atoms with Crippen LogP contribution in [0.5, 0.6) is 17.2 Å². The summed E-state index contributed by atoms with van der Waals surface area (Å²) in [5, 5.41) is 12.0. The van der Waals surface area contributed by atoms with E-state index < -0.39 is 0 Å². The molecule has 190 valence electrons. The summed E-state index contributed by atoms with van der Waals surface area (Å²) in [6.45, 7) is 3.00. The van der Waals surface area contributed by atoms with Crippen molar-refractivity contribution in [1.82, 2.24) is 9.97 Å². The molecule has 10 heteroatoms. The van der Waals surface area contributed by atoms with Gasteiger partial charge in [-0.15, -0.1) is 0 Å². The van der Waals surface area contributed by atoms with Crippen molar-refractivity contribution in [3.8, 4) is 28.6 Å². The molecule has 3 aromatic carbocycles. The van der Waals surface area contributed by atoms with Crippen molar-refractivity contribution < 1.29 is 19.1 Å². The average Bonchev–Trinajstić information content (AvgIpc) is 2.95. The molecular weight excluding hydrogens is 474 g/mol. The maximum atomic E-state index is 11.0. The molecule has 10 nitrogen and oxygen atoms in total. The van der Waals surface area contributed by atoms with Gasteiger partial charge in [0.15, 0.2) is 17.3 Å². The van der Waals surface area contributed by atoms with Crippen LogP contribution in [0.15, 0.2) is 60.7 Å². The van der Waals surface area contributed by atoms with Crippen LogP contribution in [0.3, 0.4) is 0 Å². The van der Waals surface area contributed by atoms with Crippen LogP contribution in [0.25, 0.3) is 22.3 Å². The average molecular weight is 502 g/mol. The molecule has 5 rings (SSSR count). The largest absolute Gasteiger partial charge is 0.493 e. The number of ether oxygens (including phenoxy) is 3. The first kappa shape index (κ1) is 24.1. The number of nitro groups is 1. The number of benzene rings is 3. The van der Waals surface area contributed by atoms with Crippen molar-refractivity contribution in [2.45, 2.75) is 0 Å². The van der Waals surface area contributed by atoms with Crippen molar-refractivity contribution in [2.24, 2.45) is 0 Å². The molecule has 2 heterocycles. The van der Waals surface area contributed by atoms with Crippen molar-refractivity contribution in [1.29, 1.82) is 0 Å². The highest BCUT2D eigenvalue weighted by Gasteiger charge is 2.23. The van der Waals surface area contributed by atoms with Crippen molar-refractivity contribution in [3.05, 3.63) is 70.8 Å². The van der Waals surface area contributed by atoms with Crippen molar-refractivity contribution in [2.75, 3.05) is 57.3 Å². The van der Waals surface area contributed by atoms with Gasteiger partial charge in [0.25, 0.3) is 5.69 Å². The molecule has 4 aromatic rings. The molecule has 0 atom stereocenters. The minimum atomic E-state index is -0.381. The molecular formula is C27H27N5O5. The number of rotatable bonds is 7. The van der Waals surface area contributed by atoms with Gasteiger partial charge in [-0.25, -0.2) is 9.97 Å². The highest BCUT2D eigenvalue weighted by Crippen LogP contribution is 2.41. The van der Waals surface area contributed by atoms with E-state index in [1.165, 1.54) is 0 Å². The first-order valence-electron chi connectivity index (χ1n) is 11.8. The van der Waals surface area contributed by atoms with Gasteiger partial charge < -0.3 is 24.0 Å². The second kappa shape index (κ2) is 10.2. The Labute approximate surface area is 214 Å². The Morgan fingerprint density at radius 3 is 2.03 bits per heavy atom. The molecule has 0 amide bonds. The maximum Gasteiger partial charge on any atom is 0.269 e. The fraction of sp³-hybridized carbons (Fsp3) is 0.259. The summed E-state index contributed by atoms with van der Waals surface area (Å²) >= 11 is 0. The number of piperazine rings is 1. The standard InChI is InChI=1S/C27H27N5O5/c1-35-23-16-18(17-24(36-2)25(23)37-3)26-28-22-7-5-4-6-21(22)27(29-26)31-14-12-30(13-15-31)19-8-10-20(11-9-19)32(33)34/h4-11,16-17H,12-15H2,1-3H3. The summed E-state index contributed by atoms with van der Waals surface area (Å²) in [6.07, 6.45) is 0. The number of aromatic nitrogens is 2. The SMILES string of the molecule is COc1cc(-c2nc(N3CCN(c4ccc([N+](=O)[O-])cc4)CC3)c3ccccc3n2)cc(OC)c1OC. The predicted molar refractivity (Wildman–Crippen MR) is 142 cm³/mol. The quantitative estimate of drug-likeness (QED) is 0.266. The normalized spacial score (nSPS) is 13.5. The molecule has 1 fully saturated rings. The molecule has 0 radical (unpaired) electrons. The van der Waals surface area contributed by atoms with Gasteiger partial charge >= 0.3 is 0 Å². The number of nitrogens with zero attached hydrogens (tertiary/aromatic N) is 5. The molecule has 1 aliphatic rings. The summed E-state index contributed by atoms with van der Waals surface area (Å²) in [7, 11) is 4.73. The van der Waals surface area contributed by atoms with Crippen LogP contribution in [0.1, 0.15) is 0 Å². The number of anilines is 2. The number of fused-ring (bicyclic) bond motifs is 1. The van der Waals surface area contributed by atoms with Crippen LogP contribution >= 0.6 is 0 Å². The van der Waals surface area contributed by atoms with Gasteiger partial charge in [0, 0.05) is 54.9 Å². The Bertz CT molecular complexity index is 1410. The summed E-state index contributed by atoms with van der Waals surface area (Å²) in [6, 6.07) is 18.4. The first-order chi connectivity index (χ1) is 18.0. The molecule has 37 heavy (non-hydrogen) atoms. The number of para-hydroxylation sites is 1. The van der Waals surface area contributed by atoms with Gasteiger partial charge in [-0.1, -0.05) is 12.1 Å². The minimum absolute atomic E-state index is 0.0918. The zero-order valence-corrected chi connectivity index (χ0v) is 20.9. The third-order valence-corrected chi connectivity index (χ3v) is 6.51. The lowest BCUT2D eigenvalue weighted by molar-refractivity contribution is -0.384. The van der Waals surface area contributed by atoms with Crippen LogP contribution in [-0.4, -0.2) is 62.4 Å². The molecule has 1 aliphatic heterocycles. The second-order valence-corrected chi connectivity index (χ2v) is 8.55. The van der Waals surface area contributed by atoms with E-state index in [4.69, 9.17) is 24.2 Å². The van der Waals surface area contributed by atoms with Crippen LogP contribution in [0, 0.1) is 10.1 Å². The van der Waals surface area contributed by atoms with E-state index in [9.17, 15) is 10.1 Å². The molecule has 0 N–H and O–H groups in total. The number of non-ortho nitro benzene ring substituents is 1. The predicted octanol–water partition coefficient (Wildman–Crippen LogP) is 4.56. The zero-order valence-electron chi connectivity index (χ0n) is 20.9. The topological polar surface area (TPSA) is 103 Å². The van der Waals surface area contributed by atoms with Crippen molar-refractivity contribution >= 4 is 28.1 Å². The Hall–Kier alpha value is -4.60. The minimum Gasteiger partial charge on any atom is -0.493 e. The first-order valence-corrected chi connectivity index (χ1v) is 11.8. The van der Waals surface area contributed by atoms with Crippen LogP contribution in [0.2, 0.25) is 0 Å². The maximum absolute atomic E-state index is 11.0. The van der Waals surface area contributed by atoms with E-state index in [0.717, 1.165) is 54.2 Å². The molecule has 0 saturated carbocycles. The zero-order chi connectivity index (χ0) is 25.9. The van der Waals surface area contributed by atoms with E-state index in [1.807, 2.05) is 36.4 Å². The smallest absolute Gasteiger partial charge is 0.269 e. The highest BCUT2D eigenvalue weighted by atomic mass is 16.6. The van der Waals surface area contributed by atoms with E-state index >= 15 is 0 Å². The fourth-order valence-corrected chi connectivity index (χ4v) is 4.60. The molecule has 1 saturated heterocycles. The number of hydrogen-bond donors (Lipinski definition) is 0. The Morgan fingerprint density at radius 2 is 1.43 bits per heavy atom. The van der Waals surface area contributed by atoms with Gasteiger partial charge in [-0.3, -0.25) is 10.1 Å². The highest BCUT2D eigenvalue weighted by molar-refractivity contribution is 5.91. The summed E-state index contributed by atoms with van der Waals surface area (Å²) in [5.41, 5.74) is 2.66. The van der Waals surface area contributed by atoms with E-state index in [-0.39, 0.29) is 10.6 Å². The monoisotopic (exact) mass is 501 g/mol. The van der Waals surface area contributed by atoms with Gasteiger partial charge in [-0.2, -0.15) is 0 Å². The lowest BCUT2D eigenvalue weighted by atomic mass is 10.1. The molecule has 0 bridgehead atoms. The second-order valence-electron chi connectivity index (χ2n) is 8.55. The van der Waals surface area contributed by atoms with Gasteiger partial charge in [-0.05, 0) is 36.4 Å². The van der Waals surface area contributed by atoms with Crippen LogP contribution in [0.4, 0.5) is 17.2 Å². The molecule has 1 aromatic heterocycles. The van der Waals surface area contributed by atoms with Gasteiger partial charge in [0.2, 0.25) is 5.75 Å². The summed E-state index contributed by atoms with van der Waals surface area (Å²) in [4.78, 5) is 24.9. The summed E-state index contributed by atoms with van der Waals surface area (Å²) < 4.78 is 16.5. The Morgan fingerprint density at radius 1 is 0.811 bits per heavy atom. The molecule has 0 unspecified atom stereocenters. The van der Waals surface area contributed by atoms with Crippen molar-refractivity contribution in [3.63, 3.8) is 0 Å². The Balaban J connectivity index is 1.47. The van der Waals surface area contributed by atoms with E-state index in [2.05, 4.69) is 9.80 Å². The van der Waals surface area contributed by atoms with Gasteiger partial charge in [0.1, 0.15) is 5.82 Å². The fourth-order valence-electron chi connectivity index (χ4n) is 4.60. The third-order valence-electron chi connectivity index (χ3n) is 6.51.